The second-order valence-electron chi connectivity index (χ2n) is 5.64. The zero-order valence-corrected chi connectivity index (χ0v) is 13.6. The van der Waals surface area contributed by atoms with Gasteiger partial charge in [-0.05, 0) is 30.9 Å². The van der Waals surface area contributed by atoms with Crippen molar-refractivity contribution in [1.29, 1.82) is 0 Å². The number of nitrogens with zero attached hydrogens (tertiary/aromatic N) is 4. The third-order valence-electron chi connectivity index (χ3n) is 4.21. The van der Waals surface area contributed by atoms with Crippen LogP contribution in [0.25, 0.3) is 0 Å². The standard InChI is InChI=1S/C14H19ClN4O4/c1-2-9(13(20)21)8-18(10-5-3-4-6-10)12-11(19(22)23)7-16-14(15)17-12/h7,9-10H,2-6,8H2,1H3,(H,20,21)/t9-/m0/s1. The molecule has 0 bridgehead atoms. The number of carboxylic acids is 1. The average Bonchev–Trinajstić information content (AvgIpc) is 3.01. The first-order valence-electron chi connectivity index (χ1n) is 7.60. The molecule has 0 unspecified atom stereocenters. The molecule has 1 aromatic heterocycles. The first kappa shape index (κ1) is 17.4. The molecule has 1 fully saturated rings. The summed E-state index contributed by atoms with van der Waals surface area (Å²) in [4.78, 5) is 31.5. The summed E-state index contributed by atoms with van der Waals surface area (Å²) in [5.74, 6) is -1.43. The molecule has 0 saturated heterocycles. The molecule has 8 nitrogen and oxygen atoms in total. The minimum Gasteiger partial charge on any atom is -0.481 e. The maximum absolute atomic E-state index is 11.4. The quantitative estimate of drug-likeness (QED) is 0.461. The van der Waals surface area contributed by atoms with Crippen LogP contribution in [0.2, 0.25) is 5.28 Å². The Morgan fingerprint density at radius 1 is 1.57 bits per heavy atom. The van der Waals surface area contributed by atoms with E-state index in [0.29, 0.717) is 6.42 Å². The normalized spacial score (nSPS) is 16.3. The number of hydrogen-bond acceptors (Lipinski definition) is 6. The minimum absolute atomic E-state index is 0.0352. The molecular formula is C14H19ClN4O4. The van der Waals surface area contributed by atoms with E-state index in [2.05, 4.69) is 9.97 Å². The Kier molecular flexibility index (Phi) is 5.70. The number of anilines is 1. The summed E-state index contributed by atoms with van der Waals surface area (Å²) < 4.78 is 0. The van der Waals surface area contributed by atoms with Gasteiger partial charge in [0.05, 0.1) is 10.8 Å². The van der Waals surface area contributed by atoms with Crippen molar-refractivity contribution in [1.82, 2.24) is 9.97 Å². The predicted octanol–water partition coefficient (Wildman–Crippen LogP) is 2.90. The number of hydrogen-bond donors (Lipinski definition) is 1. The van der Waals surface area contributed by atoms with Crippen LogP contribution in [0, 0.1) is 16.0 Å². The van der Waals surface area contributed by atoms with Gasteiger partial charge >= 0.3 is 11.7 Å². The van der Waals surface area contributed by atoms with Crippen LogP contribution in [0.5, 0.6) is 0 Å². The molecule has 0 aliphatic heterocycles. The van der Waals surface area contributed by atoms with E-state index < -0.39 is 16.8 Å². The molecule has 126 valence electrons. The lowest BCUT2D eigenvalue weighted by Gasteiger charge is -2.31. The molecule has 1 aromatic rings. The van der Waals surface area contributed by atoms with Crippen molar-refractivity contribution in [2.45, 2.75) is 45.1 Å². The number of aromatic nitrogens is 2. The molecule has 0 aromatic carbocycles. The van der Waals surface area contributed by atoms with Gasteiger partial charge in [0.25, 0.3) is 0 Å². The fourth-order valence-electron chi connectivity index (χ4n) is 2.93. The van der Waals surface area contributed by atoms with Gasteiger partial charge in [-0.3, -0.25) is 14.9 Å². The smallest absolute Gasteiger partial charge is 0.329 e. The minimum atomic E-state index is -0.918. The Labute approximate surface area is 138 Å². The van der Waals surface area contributed by atoms with Gasteiger partial charge in [-0.15, -0.1) is 0 Å². The van der Waals surface area contributed by atoms with E-state index in [-0.39, 0.29) is 29.4 Å². The van der Waals surface area contributed by atoms with E-state index in [0.717, 1.165) is 31.9 Å². The van der Waals surface area contributed by atoms with E-state index in [4.69, 9.17) is 11.6 Å². The van der Waals surface area contributed by atoms with Gasteiger partial charge < -0.3 is 10.0 Å². The lowest BCUT2D eigenvalue weighted by atomic mass is 10.0. The van der Waals surface area contributed by atoms with Crippen molar-refractivity contribution in [2.24, 2.45) is 5.92 Å². The third kappa shape index (κ3) is 4.07. The molecule has 9 heteroatoms. The molecule has 23 heavy (non-hydrogen) atoms. The van der Waals surface area contributed by atoms with Gasteiger partial charge in [0, 0.05) is 12.6 Å². The Balaban J connectivity index is 2.42. The van der Waals surface area contributed by atoms with Gasteiger partial charge in [0.1, 0.15) is 6.20 Å². The summed E-state index contributed by atoms with van der Waals surface area (Å²) in [5, 5.41) is 20.5. The van der Waals surface area contributed by atoms with Crippen LogP contribution in [0.15, 0.2) is 6.20 Å². The van der Waals surface area contributed by atoms with Crippen molar-refractivity contribution < 1.29 is 14.8 Å². The van der Waals surface area contributed by atoms with Crippen molar-refractivity contribution >= 4 is 29.1 Å². The van der Waals surface area contributed by atoms with Crippen LogP contribution in [0.1, 0.15) is 39.0 Å². The topological polar surface area (TPSA) is 109 Å². The summed E-state index contributed by atoms with van der Waals surface area (Å²) in [5.41, 5.74) is -0.249. The monoisotopic (exact) mass is 342 g/mol. The molecule has 0 amide bonds. The summed E-state index contributed by atoms with van der Waals surface area (Å²) >= 11 is 5.82. The third-order valence-corrected chi connectivity index (χ3v) is 4.40. The Morgan fingerprint density at radius 3 is 2.74 bits per heavy atom. The number of nitro groups is 1. The predicted molar refractivity (Wildman–Crippen MR) is 84.7 cm³/mol. The van der Waals surface area contributed by atoms with E-state index in [9.17, 15) is 20.0 Å². The highest BCUT2D eigenvalue weighted by Gasteiger charge is 2.33. The molecule has 1 saturated carbocycles. The second-order valence-corrected chi connectivity index (χ2v) is 5.98. The average molecular weight is 343 g/mol. The molecule has 1 aliphatic rings. The number of carboxylic acid groups (broad SMARTS) is 1. The molecule has 2 rings (SSSR count). The van der Waals surface area contributed by atoms with Gasteiger partial charge in [0.15, 0.2) is 0 Å². The van der Waals surface area contributed by atoms with Crippen LogP contribution in [-0.2, 0) is 4.79 Å². The lowest BCUT2D eigenvalue weighted by Crippen LogP contribution is -2.40. The Morgan fingerprint density at radius 2 is 2.22 bits per heavy atom. The van der Waals surface area contributed by atoms with Crippen LogP contribution in [0.4, 0.5) is 11.5 Å². The summed E-state index contributed by atoms with van der Waals surface area (Å²) in [6.07, 6.45) is 5.25. The van der Waals surface area contributed by atoms with Gasteiger partial charge in [-0.1, -0.05) is 19.8 Å². The maximum atomic E-state index is 11.4. The van der Waals surface area contributed by atoms with E-state index in [1.807, 2.05) is 0 Å². The lowest BCUT2D eigenvalue weighted by molar-refractivity contribution is -0.384. The molecule has 1 atom stereocenters. The van der Waals surface area contributed by atoms with E-state index in [1.54, 1.807) is 11.8 Å². The molecule has 1 N–H and O–H groups in total. The number of rotatable bonds is 7. The fourth-order valence-corrected chi connectivity index (χ4v) is 3.06. The van der Waals surface area contributed by atoms with Crippen LogP contribution in [0.3, 0.4) is 0 Å². The fraction of sp³-hybridized carbons (Fsp3) is 0.643. The highest BCUT2D eigenvalue weighted by Crippen LogP contribution is 2.34. The first-order valence-corrected chi connectivity index (χ1v) is 7.98. The summed E-state index contributed by atoms with van der Waals surface area (Å²) in [6.45, 7) is 1.96. The van der Waals surface area contributed by atoms with E-state index in [1.165, 1.54) is 0 Å². The second kappa shape index (κ2) is 7.54. The van der Waals surface area contributed by atoms with Crippen molar-refractivity contribution in [3.63, 3.8) is 0 Å². The maximum Gasteiger partial charge on any atom is 0.329 e. The Bertz CT molecular complexity index is 592. The molecule has 1 heterocycles. The summed E-state index contributed by atoms with van der Waals surface area (Å²) in [6, 6.07) is 0.0352. The number of carbonyl (C=O) groups is 1. The number of halogens is 1. The van der Waals surface area contributed by atoms with E-state index >= 15 is 0 Å². The molecule has 0 radical (unpaired) electrons. The summed E-state index contributed by atoms with van der Waals surface area (Å²) in [7, 11) is 0. The van der Waals surface area contributed by atoms with Crippen molar-refractivity contribution in [2.75, 3.05) is 11.4 Å². The number of aliphatic carboxylic acids is 1. The largest absolute Gasteiger partial charge is 0.481 e. The zero-order chi connectivity index (χ0) is 17.0. The van der Waals surface area contributed by atoms with Gasteiger partial charge in [0.2, 0.25) is 11.1 Å². The van der Waals surface area contributed by atoms with Crippen LogP contribution < -0.4 is 4.90 Å². The zero-order valence-electron chi connectivity index (χ0n) is 12.8. The van der Waals surface area contributed by atoms with Crippen molar-refractivity contribution in [3.05, 3.63) is 21.6 Å². The highest BCUT2D eigenvalue weighted by atomic mass is 35.5. The molecule has 1 aliphatic carbocycles. The van der Waals surface area contributed by atoms with Crippen LogP contribution in [-0.4, -0.2) is 38.6 Å². The van der Waals surface area contributed by atoms with Crippen molar-refractivity contribution in [3.8, 4) is 0 Å². The van der Waals surface area contributed by atoms with Gasteiger partial charge in [-0.2, -0.15) is 4.98 Å². The molecule has 0 spiro atoms. The van der Waals surface area contributed by atoms with Crippen LogP contribution >= 0.6 is 11.6 Å². The first-order chi connectivity index (χ1) is 10.9. The highest BCUT2D eigenvalue weighted by molar-refractivity contribution is 6.28. The molecular weight excluding hydrogens is 324 g/mol. The SMILES string of the molecule is CC[C@@H](CN(c1nc(Cl)ncc1[N+](=O)[O-])C1CCCC1)C(=O)O. The van der Waals surface area contributed by atoms with Gasteiger partial charge in [-0.25, -0.2) is 4.98 Å². The Hall–Kier alpha value is -1.96.